The summed E-state index contributed by atoms with van der Waals surface area (Å²) in [4.78, 5) is 19.0. The number of hydrogen-bond donors (Lipinski definition) is 2. The molecule has 0 unspecified atom stereocenters. The van der Waals surface area contributed by atoms with Crippen molar-refractivity contribution < 1.29 is 4.79 Å². The number of carbonyl (C=O) groups is 1. The van der Waals surface area contributed by atoms with Gasteiger partial charge in [-0.15, -0.1) is 0 Å². The molecule has 7 heteroatoms. The maximum absolute atomic E-state index is 10.9. The first-order valence-electron chi connectivity index (χ1n) is 4.95. The molecule has 0 saturated heterocycles. The zero-order valence-electron chi connectivity index (χ0n) is 9.51. The summed E-state index contributed by atoms with van der Waals surface area (Å²) < 4.78 is 1.58. The quantitative estimate of drug-likeness (QED) is 0.781. The van der Waals surface area contributed by atoms with E-state index in [-0.39, 0.29) is 5.91 Å². The highest BCUT2D eigenvalue weighted by atomic mass is 16.1. The van der Waals surface area contributed by atoms with Crippen molar-refractivity contribution in [2.75, 3.05) is 11.1 Å². The number of rotatable bonds is 2. The van der Waals surface area contributed by atoms with Gasteiger partial charge in [0.05, 0.1) is 5.56 Å². The molecule has 0 aromatic carbocycles. The van der Waals surface area contributed by atoms with Crippen LogP contribution in [0.5, 0.6) is 0 Å². The Bertz CT molecular complexity index is 562. The van der Waals surface area contributed by atoms with Crippen molar-refractivity contribution in [3.05, 3.63) is 18.6 Å². The molecule has 0 aliphatic heterocycles. The predicted molar refractivity (Wildman–Crippen MR) is 63.0 cm³/mol. The lowest BCUT2D eigenvalue weighted by atomic mass is 10.2. The summed E-state index contributed by atoms with van der Waals surface area (Å²) in [5.41, 5.74) is 6.96. The van der Waals surface area contributed by atoms with Crippen molar-refractivity contribution >= 4 is 17.4 Å². The van der Waals surface area contributed by atoms with Gasteiger partial charge in [0, 0.05) is 31.9 Å². The number of amides is 1. The molecule has 0 atom stereocenters. The summed E-state index contributed by atoms with van der Waals surface area (Å²) in [5.74, 6) is 0.724. The first kappa shape index (κ1) is 11.1. The number of pyridine rings is 1. The highest BCUT2D eigenvalue weighted by Gasteiger charge is 2.09. The number of hydrogen-bond acceptors (Lipinski definition) is 5. The van der Waals surface area contributed by atoms with E-state index in [1.807, 2.05) is 0 Å². The predicted octanol–water partition coefficient (Wildman–Crippen LogP) is 0.418. The van der Waals surface area contributed by atoms with Crippen LogP contribution in [0.25, 0.3) is 11.4 Å². The van der Waals surface area contributed by atoms with Crippen molar-refractivity contribution in [1.82, 2.24) is 19.7 Å². The summed E-state index contributed by atoms with van der Waals surface area (Å²) in [7, 11) is 1.77. The van der Waals surface area contributed by atoms with Gasteiger partial charge in [0.1, 0.15) is 12.1 Å². The van der Waals surface area contributed by atoms with Crippen molar-refractivity contribution in [3.63, 3.8) is 0 Å². The number of anilines is 2. The molecular formula is C10H12N6O. The minimum atomic E-state index is -0.194. The van der Waals surface area contributed by atoms with Crippen molar-refractivity contribution in [2.24, 2.45) is 7.05 Å². The lowest BCUT2D eigenvalue weighted by Crippen LogP contribution is -2.08. The summed E-state index contributed by atoms with van der Waals surface area (Å²) in [6, 6.07) is 1.58. The topological polar surface area (TPSA) is 98.7 Å². The molecule has 3 N–H and O–H groups in total. The smallest absolute Gasteiger partial charge is 0.222 e. The first-order chi connectivity index (χ1) is 8.06. The zero-order chi connectivity index (χ0) is 12.4. The molecule has 0 bridgehead atoms. The number of carbonyl (C=O) groups excluding carboxylic acids is 1. The van der Waals surface area contributed by atoms with Crippen LogP contribution in [0.3, 0.4) is 0 Å². The Kier molecular flexibility index (Phi) is 2.73. The van der Waals surface area contributed by atoms with Crippen LogP contribution in [0.15, 0.2) is 18.6 Å². The average Bonchev–Trinajstić information content (AvgIpc) is 2.64. The van der Waals surface area contributed by atoms with Crippen LogP contribution in [0, 0.1) is 0 Å². The molecule has 2 aromatic rings. The van der Waals surface area contributed by atoms with Crippen LogP contribution in [-0.2, 0) is 11.8 Å². The van der Waals surface area contributed by atoms with Gasteiger partial charge >= 0.3 is 0 Å². The van der Waals surface area contributed by atoms with Gasteiger partial charge in [0.2, 0.25) is 5.91 Å². The van der Waals surface area contributed by atoms with Crippen LogP contribution < -0.4 is 11.1 Å². The van der Waals surface area contributed by atoms with Gasteiger partial charge in [0.15, 0.2) is 5.82 Å². The highest BCUT2D eigenvalue weighted by Crippen LogP contribution is 2.23. The molecule has 88 valence electrons. The Morgan fingerprint density at radius 2 is 2.24 bits per heavy atom. The van der Waals surface area contributed by atoms with E-state index in [0.717, 1.165) is 0 Å². The van der Waals surface area contributed by atoms with Crippen LogP contribution in [-0.4, -0.2) is 25.7 Å². The van der Waals surface area contributed by atoms with Crippen LogP contribution in [0.1, 0.15) is 6.92 Å². The van der Waals surface area contributed by atoms with Crippen LogP contribution in [0.4, 0.5) is 11.5 Å². The molecular weight excluding hydrogens is 220 g/mol. The number of aromatic nitrogens is 4. The van der Waals surface area contributed by atoms with Crippen LogP contribution >= 0.6 is 0 Å². The second kappa shape index (κ2) is 4.20. The van der Waals surface area contributed by atoms with E-state index < -0.39 is 0 Å². The fourth-order valence-electron chi connectivity index (χ4n) is 1.37. The Morgan fingerprint density at radius 1 is 1.47 bits per heavy atom. The third-order valence-electron chi connectivity index (χ3n) is 2.08. The highest BCUT2D eigenvalue weighted by molar-refractivity contribution is 5.88. The normalized spacial score (nSPS) is 10.2. The maximum Gasteiger partial charge on any atom is 0.222 e. The van der Waals surface area contributed by atoms with Gasteiger partial charge < -0.3 is 11.1 Å². The second-order valence-electron chi connectivity index (χ2n) is 3.58. The molecule has 0 aliphatic rings. The first-order valence-corrected chi connectivity index (χ1v) is 4.95. The maximum atomic E-state index is 10.9. The summed E-state index contributed by atoms with van der Waals surface area (Å²) in [5, 5.41) is 6.68. The van der Waals surface area contributed by atoms with E-state index in [1.54, 1.807) is 24.1 Å². The average molecular weight is 232 g/mol. The molecule has 7 nitrogen and oxygen atoms in total. The van der Waals surface area contributed by atoms with Crippen LogP contribution in [0.2, 0.25) is 0 Å². The fraction of sp³-hybridized carbons (Fsp3) is 0.200. The summed E-state index contributed by atoms with van der Waals surface area (Å²) in [6.45, 7) is 1.41. The van der Waals surface area contributed by atoms with E-state index in [2.05, 4.69) is 20.4 Å². The lowest BCUT2D eigenvalue weighted by Gasteiger charge is -2.05. The number of aryl methyl sites for hydroxylation is 1. The Balaban J connectivity index is 2.34. The van der Waals surface area contributed by atoms with Gasteiger partial charge in [-0.2, -0.15) is 5.10 Å². The molecule has 0 radical (unpaired) electrons. The Hall–Kier alpha value is -2.44. The van der Waals surface area contributed by atoms with E-state index in [4.69, 9.17) is 5.73 Å². The minimum absolute atomic E-state index is 0.194. The number of nitrogen functional groups attached to an aromatic ring is 1. The minimum Gasteiger partial charge on any atom is -0.398 e. The fourth-order valence-corrected chi connectivity index (χ4v) is 1.37. The van der Waals surface area contributed by atoms with Gasteiger partial charge in [-0.05, 0) is 0 Å². The molecule has 2 rings (SSSR count). The lowest BCUT2D eigenvalue weighted by molar-refractivity contribution is -0.114. The number of nitrogens with zero attached hydrogens (tertiary/aromatic N) is 4. The SMILES string of the molecule is CC(=O)Nc1cc(N)c(-c2ncn(C)n2)cn1. The Morgan fingerprint density at radius 3 is 2.76 bits per heavy atom. The van der Waals surface area contributed by atoms with E-state index in [1.165, 1.54) is 13.1 Å². The van der Waals surface area contributed by atoms with Gasteiger partial charge in [-0.3, -0.25) is 9.48 Å². The molecule has 2 aromatic heterocycles. The molecule has 0 spiro atoms. The molecule has 1 amide bonds. The standard InChI is InChI=1S/C10H12N6O/c1-6(17)14-9-3-8(11)7(4-12-9)10-13-5-16(2)15-10/h3-5H,1-2H3,(H3,11,12,14,17). The number of nitrogens with two attached hydrogens (primary N) is 1. The van der Waals surface area contributed by atoms with Crippen molar-refractivity contribution in [1.29, 1.82) is 0 Å². The van der Waals surface area contributed by atoms with E-state index in [9.17, 15) is 4.79 Å². The molecule has 0 aliphatic carbocycles. The molecule has 0 saturated carbocycles. The molecule has 17 heavy (non-hydrogen) atoms. The second-order valence-corrected chi connectivity index (χ2v) is 3.58. The largest absolute Gasteiger partial charge is 0.398 e. The zero-order valence-corrected chi connectivity index (χ0v) is 9.51. The summed E-state index contributed by atoms with van der Waals surface area (Å²) in [6.07, 6.45) is 3.12. The molecule has 0 fully saturated rings. The third-order valence-corrected chi connectivity index (χ3v) is 2.08. The monoisotopic (exact) mass is 232 g/mol. The van der Waals surface area contributed by atoms with E-state index >= 15 is 0 Å². The van der Waals surface area contributed by atoms with Gasteiger partial charge in [-0.25, -0.2) is 9.97 Å². The van der Waals surface area contributed by atoms with Gasteiger partial charge in [0.25, 0.3) is 0 Å². The van der Waals surface area contributed by atoms with E-state index in [0.29, 0.717) is 22.9 Å². The third kappa shape index (κ3) is 2.39. The molecule has 2 heterocycles. The Labute approximate surface area is 97.7 Å². The van der Waals surface area contributed by atoms with Crippen molar-refractivity contribution in [2.45, 2.75) is 6.92 Å². The summed E-state index contributed by atoms with van der Waals surface area (Å²) >= 11 is 0. The van der Waals surface area contributed by atoms with Crippen molar-refractivity contribution in [3.8, 4) is 11.4 Å². The van der Waals surface area contributed by atoms with Gasteiger partial charge in [-0.1, -0.05) is 0 Å². The number of nitrogens with one attached hydrogen (secondary N) is 1.